The Hall–Kier alpha value is -2.34. The fraction of sp³-hybridized carbons (Fsp3) is 0.222. The lowest BCUT2D eigenvalue weighted by Crippen LogP contribution is -2.24. The number of benzene rings is 2. The van der Waals surface area contributed by atoms with Crippen molar-refractivity contribution in [1.29, 1.82) is 0 Å². The third kappa shape index (κ3) is 5.09. The van der Waals surface area contributed by atoms with Crippen LogP contribution >= 0.6 is 15.9 Å². The number of hydrazone groups is 1. The highest BCUT2D eigenvalue weighted by Crippen LogP contribution is 2.21. The molecule has 5 nitrogen and oxygen atoms in total. The molecule has 0 aliphatic rings. The number of nitrogens with zero attached hydrogens (tertiary/aromatic N) is 1. The molecule has 126 valence electrons. The van der Waals surface area contributed by atoms with Crippen molar-refractivity contribution in [3.8, 4) is 11.5 Å². The smallest absolute Gasteiger partial charge is 0.277 e. The molecule has 2 rings (SSSR count). The van der Waals surface area contributed by atoms with Gasteiger partial charge in [-0.05, 0) is 49.2 Å². The van der Waals surface area contributed by atoms with Crippen LogP contribution in [0.1, 0.15) is 16.7 Å². The van der Waals surface area contributed by atoms with Gasteiger partial charge in [-0.25, -0.2) is 5.43 Å². The summed E-state index contributed by atoms with van der Waals surface area (Å²) >= 11 is 3.39. The molecule has 1 N–H and O–H groups in total. The van der Waals surface area contributed by atoms with Crippen LogP contribution in [-0.2, 0) is 4.79 Å². The second-order valence-corrected chi connectivity index (χ2v) is 6.15. The van der Waals surface area contributed by atoms with E-state index in [0.717, 1.165) is 21.2 Å². The van der Waals surface area contributed by atoms with Crippen LogP contribution in [0.15, 0.2) is 46.0 Å². The highest BCUT2D eigenvalue weighted by Gasteiger charge is 2.05. The topological polar surface area (TPSA) is 59.9 Å². The monoisotopic (exact) mass is 390 g/mol. The number of hydrogen-bond donors (Lipinski definition) is 1. The number of hydrogen-bond acceptors (Lipinski definition) is 4. The molecule has 2 aromatic carbocycles. The minimum atomic E-state index is -0.332. The van der Waals surface area contributed by atoms with Gasteiger partial charge in [0.1, 0.15) is 11.5 Å². The van der Waals surface area contributed by atoms with Crippen molar-refractivity contribution >= 4 is 28.1 Å². The minimum absolute atomic E-state index is 0.0999. The van der Waals surface area contributed by atoms with E-state index < -0.39 is 0 Å². The number of ether oxygens (including phenoxy) is 2. The summed E-state index contributed by atoms with van der Waals surface area (Å²) in [6.07, 6.45) is 1.53. The van der Waals surface area contributed by atoms with Gasteiger partial charge in [0.2, 0.25) is 0 Å². The summed E-state index contributed by atoms with van der Waals surface area (Å²) in [6, 6.07) is 11.4. The first-order chi connectivity index (χ1) is 11.5. The van der Waals surface area contributed by atoms with E-state index in [9.17, 15) is 4.79 Å². The first kappa shape index (κ1) is 18.0. The summed E-state index contributed by atoms with van der Waals surface area (Å²) in [6.45, 7) is 3.81. The summed E-state index contributed by atoms with van der Waals surface area (Å²) < 4.78 is 11.7. The van der Waals surface area contributed by atoms with Crippen LogP contribution in [0.2, 0.25) is 0 Å². The fourth-order valence-corrected chi connectivity index (χ4v) is 2.40. The molecular weight excluding hydrogens is 372 g/mol. The van der Waals surface area contributed by atoms with Crippen LogP contribution in [-0.4, -0.2) is 25.8 Å². The van der Waals surface area contributed by atoms with Crippen LogP contribution in [0.3, 0.4) is 0 Å². The number of rotatable bonds is 6. The number of aryl methyl sites for hydroxylation is 2. The lowest BCUT2D eigenvalue weighted by atomic mass is 10.1. The second kappa shape index (κ2) is 8.49. The first-order valence-corrected chi connectivity index (χ1v) is 8.14. The lowest BCUT2D eigenvalue weighted by molar-refractivity contribution is -0.123. The highest BCUT2D eigenvalue weighted by atomic mass is 79.9. The Morgan fingerprint density at radius 2 is 2.00 bits per heavy atom. The average Bonchev–Trinajstić information content (AvgIpc) is 2.56. The predicted molar refractivity (Wildman–Crippen MR) is 97.8 cm³/mol. The number of nitrogens with one attached hydrogen (secondary N) is 1. The molecular formula is C18H19BrN2O3. The Balaban J connectivity index is 1.91. The van der Waals surface area contributed by atoms with Crippen LogP contribution in [0.4, 0.5) is 0 Å². The molecule has 0 bridgehead atoms. The summed E-state index contributed by atoms with van der Waals surface area (Å²) in [5.41, 5.74) is 5.25. The molecule has 24 heavy (non-hydrogen) atoms. The van der Waals surface area contributed by atoms with E-state index in [2.05, 4.69) is 26.5 Å². The maximum absolute atomic E-state index is 11.8. The molecule has 0 atom stereocenters. The van der Waals surface area contributed by atoms with Crippen molar-refractivity contribution in [3.05, 3.63) is 57.6 Å². The zero-order valence-corrected chi connectivity index (χ0v) is 15.4. The molecule has 0 spiro atoms. The molecule has 0 aromatic heterocycles. The quantitative estimate of drug-likeness (QED) is 0.605. The first-order valence-electron chi connectivity index (χ1n) is 7.35. The predicted octanol–water partition coefficient (Wildman–Crippen LogP) is 3.60. The maximum atomic E-state index is 11.8. The molecule has 0 saturated carbocycles. The van der Waals surface area contributed by atoms with Crippen LogP contribution < -0.4 is 14.9 Å². The molecule has 0 aliphatic carbocycles. The van der Waals surface area contributed by atoms with E-state index in [1.807, 2.05) is 50.2 Å². The molecule has 1 amide bonds. The normalized spacial score (nSPS) is 10.7. The number of methoxy groups -OCH3 is 1. The SMILES string of the molecule is COc1ccc(Br)cc1/C=N/NC(=O)COc1cc(C)ccc1C. The molecule has 2 aromatic rings. The van der Waals surface area contributed by atoms with E-state index in [-0.39, 0.29) is 12.5 Å². The van der Waals surface area contributed by atoms with Gasteiger partial charge in [0, 0.05) is 10.0 Å². The molecule has 6 heteroatoms. The summed E-state index contributed by atoms with van der Waals surface area (Å²) in [5, 5.41) is 3.94. The standard InChI is InChI=1S/C18H19BrN2O3/c1-12-4-5-13(2)17(8-12)24-11-18(22)21-20-10-14-9-15(19)6-7-16(14)23-3/h4-10H,11H2,1-3H3,(H,21,22)/b20-10+. The summed E-state index contributed by atoms with van der Waals surface area (Å²) in [5.74, 6) is 1.03. The Bertz CT molecular complexity index is 760. The van der Waals surface area contributed by atoms with Gasteiger partial charge in [0.25, 0.3) is 5.91 Å². The molecule has 0 aliphatic heterocycles. The zero-order valence-electron chi connectivity index (χ0n) is 13.8. The summed E-state index contributed by atoms with van der Waals surface area (Å²) in [7, 11) is 1.58. The Morgan fingerprint density at radius 3 is 2.75 bits per heavy atom. The van der Waals surface area contributed by atoms with Crippen molar-refractivity contribution in [3.63, 3.8) is 0 Å². The van der Waals surface area contributed by atoms with E-state index >= 15 is 0 Å². The Morgan fingerprint density at radius 1 is 1.21 bits per heavy atom. The van der Waals surface area contributed by atoms with Crippen molar-refractivity contribution in [2.24, 2.45) is 5.10 Å². The third-order valence-corrected chi connectivity index (χ3v) is 3.78. The van der Waals surface area contributed by atoms with E-state index in [0.29, 0.717) is 11.5 Å². The van der Waals surface area contributed by atoms with Gasteiger partial charge >= 0.3 is 0 Å². The Kier molecular flexibility index (Phi) is 6.37. The van der Waals surface area contributed by atoms with Crippen molar-refractivity contribution in [2.45, 2.75) is 13.8 Å². The highest BCUT2D eigenvalue weighted by molar-refractivity contribution is 9.10. The van der Waals surface area contributed by atoms with Gasteiger partial charge in [-0.1, -0.05) is 28.1 Å². The zero-order chi connectivity index (χ0) is 17.5. The largest absolute Gasteiger partial charge is 0.496 e. The third-order valence-electron chi connectivity index (χ3n) is 3.29. The lowest BCUT2D eigenvalue weighted by Gasteiger charge is -2.09. The number of carbonyl (C=O) groups excluding carboxylic acids is 1. The van der Waals surface area contributed by atoms with Gasteiger partial charge in [-0.15, -0.1) is 0 Å². The molecule has 0 unspecified atom stereocenters. The van der Waals surface area contributed by atoms with E-state index in [4.69, 9.17) is 9.47 Å². The number of carbonyl (C=O) groups is 1. The van der Waals surface area contributed by atoms with Gasteiger partial charge in [-0.3, -0.25) is 4.79 Å². The van der Waals surface area contributed by atoms with Crippen molar-refractivity contribution in [2.75, 3.05) is 13.7 Å². The van der Waals surface area contributed by atoms with Gasteiger partial charge in [0.05, 0.1) is 13.3 Å². The Labute approximate surface area is 149 Å². The van der Waals surface area contributed by atoms with Gasteiger partial charge < -0.3 is 9.47 Å². The van der Waals surface area contributed by atoms with E-state index in [1.165, 1.54) is 6.21 Å². The molecule has 0 fully saturated rings. The maximum Gasteiger partial charge on any atom is 0.277 e. The number of halogens is 1. The molecule has 0 saturated heterocycles. The average molecular weight is 391 g/mol. The van der Waals surface area contributed by atoms with Gasteiger partial charge in [-0.2, -0.15) is 5.10 Å². The fourth-order valence-electron chi connectivity index (χ4n) is 2.02. The van der Waals surface area contributed by atoms with Gasteiger partial charge in [0.15, 0.2) is 6.61 Å². The minimum Gasteiger partial charge on any atom is -0.496 e. The van der Waals surface area contributed by atoms with Crippen LogP contribution in [0.25, 0.3) is 0 Å². The van der Waals surface area contributed by atoms with Crippen LogP contribution in [0.5, 0.6) is 11.5 Å². The molecule has 0 heterocycles. The van der Waals surface area contributed by atoms with Crippen molar-refractivity contribution < 1.29 is 14.3 Å². The summed E-state index contributed by atoms with van der Waals surface area (Å²) in [4.78, 5) is 11.8. The second-order valence-electron chi connectivity index (χ2n) is 5.24. The number of amides is 1. The van der Waals surface area contributed by atoms with Crippen LogP contribution in [0, 0.1) is 13.8 Å². The van der Waals surface area contributed by atoms with Crippen molar-refractivity contribution in [1.82, 2.24) is 5.43 Å². The van der Waals surface area contributed by atoms with E-state index in [1.54, 1.807) is 7.11 Å². The molecule has 0 radical (unpaired) electrons.